The van der Waals surface area contributed by atoms with Gasteiger partial charge in [0, 0.05) is 50.2 Å². The summed E-state index contributed by atoms with van der Waals surface area (Å²) in [6.07, 6.45) is 7.57. The fourth-order valence-corrected chi connectivity index (χ4v) is 3.36. The molecule has 1 amide bonds. The van der Waals surface area contributed by atoms with Crippen LogP contribution in [-0.4, -0.2) is 43.5 Å². The second-order valence-electron chi connectivity index (χ2n) is 7.12. The van der Waals surface area contributed by atoms with E-state index in [1.165, 1.54) is 31.1 Å². The number of hydrogen-bond donors (Lipinski definition) is 1. The predicted molar refractivity (Wildman–Crippen MR) is 104 cm³/mol. The molecular weight excluding hydrogens is 326 g/mol. The van der Waals surface area contributed by atoms with Crippen molar-refractivity contribution in [1.82, 2.24) is 4.90 Å². The van der Waals surface area contributed by atoms with Crippen molar-refractivity contribution >= 4 is 23.4 Å². The maximum Gasteiger partial charge on any atom is 0.248 e. The molecule has 1 aliphatic heterocycles. The lowest BCUT2D eigenvalue weighted by Gasteiger charge is -2.36. The minimum absolute atomic E-state index is 0.159. The lowest BCUT2D eigenvalue weighted by atomic mass is 10.2. The van der Waals surface area contributed by atoms with Crippen LogP contribution in [0.25, 0.3) is 6.08 Å². The number of nitrogens with zero attached hydrogens (tertiary/aromatic N) is 2. The highest BCUT2D eigenvalue weighted by Crippen LogP contribution is 2.30. The van der Waals surface area contributed by atoms with Crippen LogP contribution in [0.1, 0.15) is 18.6 Å². The van der Waals surface area contributed by atoms with Crippen LogP contribution in [0.2, 0.25) is 0 Å². The molecule has 1 aromatic heterocycles. The Morgan fingerprint density at radius 2 is 2.00 bits per heavy atom. The van der Waals surface area contributed by atoms with Crippen LogP contribution in [0.5, 0.6) is 0 Å². The molecule has 2 heterocycles. The number of carbonyl (C=O) groups excluding carboxylic acids is 1. The average molecular weight is 351 g/mol. The third-order valence-corrected chi connectivity index (χ3v) is 5.01. The van der Waals surface area contributed by atoms with Gasteiger partial charge in [-0.25, -0.2) is 0 Å². The molecular formula is C21H25N3O2. The topological polar surface area (TPSA) is 48.7 Å². The van der Waals surface area contributed by atoms with Crippen LogP contribution < -0.4 is 10.2 Å². The van der Waals surface area contributed by atoms with Gasteiger partial charge in [-0.3, -0.25) is 9.69 Å². The molecule has 4 rings (SSSR count). The number of rotatable bonds is 6. The van der Waals surface area contributed by atoms with Crippen LogP contribution in [0.4, 0.5) is 11.4 Å². The Balaban J connectivity index is 1.32. The summed E-state index contributed by atoms with van der Waals surface area (Å²) in [6, 6.07) is 11.7. The molecule has 0 unspecified atom stereocenters. The molecule has 2 aromatic rings. The Labute approximate surface area is 154 Å². The summed E-state index contributed by atoms with van der Waals surface area (Å²) in [5, 5.41) is 2.92. The first-order valence-electron chi connectivity index (χ1n) is 9.36. The molecule has 0 spiro atoms. The van der Waals surface area contributed by atoms with E-state index in [9.17, 15) is 4.79 Å². The Morgan fingerprint density at radius 1 is 1.15 bits per heavy atom. The minimum atomic E-state index is -0.159. The van der Waals surface area contributed by atoms with E-state index in [0.29, 0.717) is 5.76 Å². The number of benzene rings is 1. The molecule has 1 aliphatic carbocycles. The van der Waals surface area contributed by atoms with Crippen LogP contribution in [0.15, 0.2) is 53.2 Å². The van der Waals surface area contributed by atoms with Crippen molar-refractivity contribution in [2.45, 2.75) is 12.8 Å². The maximum absolute atomic E-state index is 12.1. The molecule has 1 saturated heterocycles. The van der Waals surface area contributed by atoms with Gasteiger partial charge in [-0.2, -0.15) is 0 Å². The van der Waals surface area contributed by atoms with E-state index in [4.69, 9.17) is 4.42 Å². The largest absolute Gasteiger partial charge is 0.465 e. The molecule has 1 aromatic carbocycles. The molecule has 0 bridgehead atoms. The normalized spacial score (nSPS) is 18.4. The van der Waals surface area contributed by atoms with Crippen molar-refractivity contribution < 1.29 is 9.21 Å². The van der Waals surface area contributed by atoms with E-state index in [2.05, 4.69) is 27.2 Å². The third-order valence-electron chi connectivity index (χ3n) is 5.01. The summed E-state index contributed by atoms with van der Waals surface area (Å²) in [6.45, 7) is 5.61. The van der Waals surface area contributed by atoms with Gasteiger partial charge in [0.1, 0.15) is 5.76 Å². The minimum Gasteiger partial charge on any atom is -0.465 e. The molecule has 2 aliphatic rings. The van der Waals surface area contributed by atoms with Crippen molar-refractivity contribution in [2.75, 3.05) is 42.9 Å². The van der Waals surface area contributed by atoms with Gasteiger partial charge in [-0.1, -0.05) is 6.07 Å². The first-order valence-corrected chi connectivity index (χ1v) is 9.36. The quantitative estimate of drug-likeness (QED) is 0.810. The highest BCUT2D eigenvalue weighted by Gasteiger charge is 2.26. The van der Waals surface area contributed by atoms with Crippen molar-refractivity contribution in [3.63, 3.8) is 0 Å². The summed E-state index contributed by atoms with van der Waals surface area (Å²) in [5.41, 5.74) is 1.99. The maximum atomic E-state index is 12.1. The summed E-state index contributed by atoms with van der Waals surface area (Å²) in [4.78, 5) is 17.1. The van der Waals surface area contributed by atoms with Crippen molar-refractivity contribution in [2.24, 2.45) is 5.92 Å². The molecule has 5 heteroatoms. The number of carbonyl (C=O) groups is 1. The smallest absolute Gasteiger partial charge is 0.248 e. The highest BCUT2D eigenvalue weighted by atomic mass is 16.3. The van der Waals surface area contributed by atoms with Crippen molar-refractivity contribution in [3.05, 3.63) is 54.5 Å². The van der Waals surface area contributed by atoms with E-state index in [-0.39, 0.29) is 5.91 Å². The van der Waals surface area contributed by atoms with Crippen LogP contribution >= 0.6 is 0 Å². The third kappa shape index (κ3) is 4.55. The van der Waals surface area contributed by atoms with Gasteiger partial charge in [0.25, 0.3) is 0 Å². The van der Waals surface area contributed by atoms with E-state index >= 15 is 0 Å². The monoisotopic (exact) mass is 351 g/mol. The Morgan fingerprint density at radius 3 is 2.73 bits per heavy atom. The number of furan rings is 1. The summed E-state index contributed by atoms with van der Waals surface area (Å²) in [7, 11) is 0. The molecule has 1 N–H and O–H groups in total. The van der Waals surface area contributed by atoms with Gasteiger partial charge in [0.2, 0.25) is 5.91 Å². The molecule has 26 heavy (non-hydrogen) atoms. The standard InChI is InChI=1S/C21H25N3O2/c25-21(9-8-20-5-2-14-26-20)22-18-3-1-4-19(15-18)24-12-10-23(11-13-24)16-17-6-7-17/h1-5,8-9,14-15,17H,6-7,10-13,16H2,(H,22,25)/b9-8+. The van der Waals surface area contributed by atoms with Gasteiger partial charge in [0.15, 0.2) is 0 Å². The Kier molecular flexibility index (Phi) is 5.07. The van der Waals surface area contributed by atoms with Crippen LogP contribution in [0.3, 0.4) is 0 Å². The number of nitrogens with one attached hydrogen (secondary N) is 1. The number of hydrogen-bond acceptors (Lipinski definition) is 4. The van der Waals surface area contributed by atoms with Crippen molar-refractivity contribution in [1.29, 1.82) is 0 Å². The van der Waals surface area contributed by atoms with Crippen molar-refractivity contribution in [3.8, 4) is 0 Å². The molecule has 0 atom stereocenters. The van der Waals surface area contributed by atoms with E-state index in [1.54, 1.807) is 18.4 Å². The molecule has 2 fully saturated rings. The zero-order chi connectivity index (χ0) is 17.8. The lowest BCUT2D eigenvalue weighted by molar-refractivity contribution is -0.111. The van der Waals surface area contributed by atoms with E-state index < -0.39 is 0 Å². The number of anilines is 2. The zero-order valence-corrected chi connectivity index (χ0v) is 14.9. The SMILES string of the molecule is O=C(/C=C/c1ccco1)Nc1cccc(N2CCN(CC3CC3)CC2)c1. The number of piperazine rings is 1. The molecule has 5 nitrogen and oxygen atoms in total. The summed E-state index contributed by atoms with van der Waals surface area (Å²) < 4.78 is 5.19. The fourth-order valence-electron chi connectivity index (χ4n) is 3.36. The molecule has 0 radical (unpaired) electrons. The van der Waals surface area contributed by atoms with Gasteiger partial charge in [-0.05, 0) is 55.2 Å². The van der Waals surface area contributed by atoms with Gasteiger partial charge in [0.05, 0.1) is 6.26 Å². The van der Waals surface area contributed by atoms with E-state index in [1.807, 2.05) is 18.2 Å². The Hall–Kier alpha value is -2.53. The van der Waals surface area contributed by atoms with Gasteiger partial charge in [-0.15, -0.1) is 0 Å². The predicted octanol–water partition coefficient (Wildman–Crippen LogP) is 3.46. The highest BCUT2D eigenvalue weighted by molar-refractivity contribution is 6.02. The fraction of sp³-hybridized carbons (Fsp3) is 0.381. The second-order valence-corrected chi connectivity index (χ2v) is 7.12. The Bertz CT molecular complexity index is 757. The van der Waals surface area contributed by atoms with Crippen LogP contribution in [-0.2, 0) is 4.79 Å². The molecule has 136 valence electrons. The van der Waals surface area contributed by atoms with Gasteiger partial charge >= 0.3 is 0 Å². The van der Waals surface area contributed by atoms with Gasteiger partial charge < -0.3 is 14.6 Å². The average Bonchev–Trinajstić information content (AvgIpc) is 3.31. The second kappa shape index (κ2) is 7.79. The summed E-state index contributed by atoms with van der Waals surface area (Å²) in [5.74, 6) is 1.46. The van der Waals surface area contributed by atoms with Crippen LogP contribution in [0, 0.1) is 5.92 Å². The first kappa shape index (κ1) is 16.9. The first-order chi connectivity index (χ1) is 12.8. The zero-order valence-electron chi connectivity index (χ0n) is 14.9. The summed E-state index contributed by atoms with van der Waals surface area (Å²) >= 11 is 0. The molecule has 1 saturated carbocycles. The lowest BCUT2D eigenvalue weighted by Crippen LogP contribution is -2.47. The number of amides is 1. The van der Waals surface area contributed by atoms with E-state index in [0.717, 1.165) is 37.8 Å².